The topological polar surface area (TPSA) is 64.6 Å². The normalized spacial score (nSPS) is 29.2. The lowest BCUT2D eigenvalue weighted by Crippen LogP contribution is -2.63. The smallest absolute Gasteiger partial charge is 0.317 e. The van der Waals surface area contributed by atoms with Gasteiger partial charge in [-0.15, -0.1) is 0 Å². The van der Waals surface area contributed by atoms with E-state index in [1.807, 2.05) is 4.90 Å². The van der Waals surface area contributed by atoms with Crippen molar-refractivity contribution >= 4 is 6.03 Å². The van der Waals surface area contributed by atoms with Crippen LogP contribution in [0.3, 0.4) is 0 Å². The molecule has 122 valence electrons. The molecule has 0 aromatic carbocycles. The molecule has 2 aliphatic heterocycles. The first-order chi connectivity index (χ1) is 9.71. The molecule has 21 heavy (non-hydrogen) atoms. The van der Waals surface area contributed by atoms with E-state index < -0.39 is 0 Å². The van der Waals surface area contributed by atoms with Gasteiger partial charge in [-0.05, 0) is 59.3 Å². The Kier molecular flexibility index (Phi) is 4.83. The van der Waals surface area contributed by atoms with E-state index in [0.29, 0.717) is 6.54 Å². The van der Waals surface area contributed by atoms with Crippen molar-refractivity contribution in [1.82, 2.24) is 15.5 Å². The van der Waals surface area contributed by atoms with Crippen LogP contribution in [0.1, 0.15) is 53.4 Å². The van der Waals surface area contributed by atoms with Crippen molar-refractivity contribution in [2.75, 3.05) is 19.7 Å². The summed E-state index contributed by atoms with van der Waals surface area (Å²) in [6, 6.07) is 0.241. The number of likely N-dealkylation sites (tertiary alicyclic amines) is 1. The predicted molar refractivity (Wildman–Crippen MR) is 84.2 cm³/mol. The zero-order chi connectivity index (χ0) is 15.7. The van der Waals surface area contributed by atoms with Crippen molar-refractivity contribution in [3.8, 4) is 0 Å². The first kappa shape index (κ1) is 16.6. The number of piperidine rings is 2. The van der Waals surface area contributed by atoms with Gasteiger partial charge in [-0.25, -0.2) is 4.79 Å². The first-order valence-corrected chi connectivity index (χ1v) is 8.16. The van der Waals surface area contributed by atoms with Crippen molar-refractivity contribution in [2.24, 2.45) is 5.92 Å². The van der Waals surface area contributed by atoms with Crippen LogP contribution in [0, 0.1) is 5.92 Å². The molecule has 0 bridgehead atoms. The van der Waals surface area contributed by atoms with E-state index in [2.05, 4.69) is 38.3 Å². The highest BCUT2D eigenvalue weighted by molar-refractivity contribution is 5.74. The Morgan fingerprint density at radius 2 is 1.90 bits per heavy atom. The van der Waals surface area contributed by atoms with E-state index in [9.17, 15) is 9.90 Å². The van der Waals surface area contributed by atoms with Crippen LogP contribution in [0.5, 0.6) is 0 Å². The average molecular weight is 297 g/mol. The fourth-order valence-electron chi connectivity index (χ4n) is 4.09. The summed E-state index contributed by atoms with van der Waals surface area (Å²) in [6.45, 7) is 10.4. The van der Waals surface area contributed by atoms with E-state index in [4.69, 9.17) is 0 Å². The second-order valence-electron chi connectivity index (χ2n) is 8.08. The molecule has 2 heterocycles. The van der Waals surface area contributed by atoms with Gasteiger partial charge in [0.15, 0.2) is 0 Å². The van der Waals surface area contributed by atoms with E-state index in [1.165, 1.54) is 0 Å². The Balaban J connectivity index is 1.92. The summed E-state index contributed by atoms with van der Waals surface area (Å²) in [5.74, 6) is 0.241. The fraction of sp³-hybridized carbons (Fsp3) is 0.938. The lowest BCUT2D eigenvalue weighted by molar-refractivity contribution is 0.115. The Labute approximate surface area is 128 Å². The highest BCUT2D eigenvalue weighted by Gasteiger charge is 2.38. The summed E-state index contributed by atoms with van der Waals surface area (Å²) in [7, 11) is 0. The highest BCUT2D eigenvalue weighted by atomic mass is 16.3. The quantitative estimate of drug-likeness (QED) is 0.727. The second-order valence-corrected chi connectivity index (χ2v) is 8.08. The summed E-state index contributed by atoms with van der Waals surface area (Å²) in [5, 5.41) is 16.1. The number of rotatable bonds is 2. The number of urea groups is 1. The van der Waals surface area contributed by atoms with Crippen molar-refractivity contribution < 1.29 is 9.90 Å². The third-order valence-electron chi connectivity index (χ3n) is 4.58. The molecule has 2 rings (SSSR count). The highest BCUT2D eigenvalue weighted by Crippen LogP contribution is 2.28. The van der Waals surface area contributed by atoms with Crippen LogP contribution in [0.25, 0.3) is 0 Å². The van der Waals surface area contributed by atoms with E-state index in [-0.39, 0.29) is 35.7 Å². The van der Waals surface area contributed by atoms with E-state index in [0.717, 1.165) is 32.2 Å². The largest absolute Gasteiger partial charge is 0.396 e. The summed E-state index contributed by atoms with van der Waals surface area (Å²) in [4.78, 5) is 14.3. The van der Waals surface area contributed by atoms with Gasteiger partial charge >= 0.3 is 6.03 Å². The van der Waals surface area contributed by atoms with Gasteiger partial charge in [0, 0.05) is 36.8 Å². The van der Waals surface area contributed by atoms with Crippen LogP contribution in [0.4, 0.5) is 4.79 Å². The molecule has 0 saturated carbocycles. The number of aliphatic hydroxyl groups excluding tert-OH is 1. The molecule has 0 unspecified atom stereocenters. The number of hydrogen-bond donors (Lipinski definition) is 3. The molecule has 2 amide bonds. The lowest BCUT2D eigenvalue weighted by atomic mass is 9.79. The molecule has 3 N–H and O–H groups in total. The summed E-state index contributed by atoms with van der Waals surface area (Å²) in [6.07, 6.45) is 3.90. The van der Waals surface area contributed by atoms with Gasteiger partial charge in [0.2, 0.25) is 0 Å². The predicted octanol–water partition coefficient (Wildman–Crippen LogP) is 1.71. The molecule has 0 aromatic rings. The number of nitrogens with zero attached hydrogens (tertiary/aromatic N) is 1. The van der Waals surface area contributed by atoms with E-state index in [1.54, 1.807) is 0 Å². The van der Waals surface area contributed by atoms with Gasteiger partial charge < -0.3 is 20.6 Å². The number of aliphatic hydroxyl groups is 1. The third kappa shape index (κ3) is 4.58. The van der Waals surface area contributed by atoms with Gasteiger partial charge in [-0.3, -0.25) is 0 Å². The van der Waals surface area contributed by atoms with Gasteiger partial charge in [-0.2, -0.15) is 0 Å². The van der Waals surface area contributed by atoms with Crippen molar-refractivity contribution in [3.05, 3.63) is 0 Å². The molecule has 0 spiro atoms. The maximum absolute atomic E-state index is 12.5. The number of amides is 2. The minimum absolute atomic E-state index is 0.0339. The minimum atomic E-state index is 0.0339. The van der Waals surface area contributed by atoms with Crippen LogP contribution in [0.15, 0.2) is 0 Å². The Hall–Kier alpha value is -0.810. The molecule has 2 saturated heterocycles. The van der Waals surface area contributed by atoms with Crippen LogP contribution < -0.4 is 10.6 Å². The number of carbonyl (C=O) groups excluding carboxylic acids is 1. The summed E-state index contributed by atoms with van der Waals surface area (Å²) in [5.41, 5.74) is 0.0739. The number of hydrogen-bond acceptors (Lipinski definition) is 3. The van der Waals surface area contributed by atoms with E-state index >= 15 is 0 Å². The lowest BCUT2D eigenvalue weighted by Gasteiger charge is -2.47. The van der Waals surface area contributed by atoms with Crippen LogP contribution in [0.2, 0.25) is 0 Å². The van der Waals surface area contributed by atoms with Gasteiger partial charge in [0.25, 0.3) is 0 Å². The summed E-state index contributed by atoms with van der Waals surface area (Å²) >= 11 is 0. The van der Waals surface area contributed by atoms with Crippen molar-refractivity contribution in [3.63, 3.8) is 0 Å². The Bertz CT molecular complexity index is 366. The molecule has 2 fully saturated rings. The van der Waals surface area contributed by atoms with Gasteiger partial charge in [0.05, 0.1) is 0 Å². The monoisotopic (exact) mass is 297 g/mol. The standard InChI is InChI=1S/C16H31N3O2/c1-15(2)8-13(9-16(3,4)18-15)17-14(21)19-7-5-6-12(10-19)11-20/h12-13,18,20H,5-11H2,1-4H3,(H,17,21)/t12-/m1/s1. The SMILES string of the molecule is CC1(C)CC(NC(=O)N2CCC[C@@H](CO)C2)CC(C)(C)N1. The van der Waals surface area contributed by atoms with Crippen LogP contribution >= 0.6 is 0 Å². The van der Waals surface area contributed by atoms with Crippen molar-refractivity contribution in [1.29, 1.82) is 0 Å². The molecule has 5 nitrogen and oxygen atoms in total. The Morgan fingerprint density at radius 1 is 1.29 bits per heavy atom. The molecule has 5 heteroatoms. The third-order valence-corrected chi connectivity index (χ3v) is 4.58. The molecule has 0 aliphatic carbocycles. The molecular weight excluding hydrogens is 266 g/mol. The number of carbonyl (C=O) groups is 1. The molecule has 1 atom stereocenters. The van der Waals surface area contributed by atoms with Gasteiger partial charge in [-0.1, -0.05) is 0 Å². The molecular formula is C16H31N3O2. The van der Waals surface area contributed by atoms with Crippen molar-refractivity contribution in [2.45, 2.75) is 70.5 Å². The fourth-order valence-corrected chi connectivity index (χ4v) is 4.09. The zero-order valence-corrected chi connectivity index (χ0v) is 13.9. The average Bonchev–Trinajstić information content (AvgIpc) is 2.35. The molecule has 2 aliphatic rings. The van der Waals surface area contributed by atoms with Crippen LogP contribution in [-0.2, 0) is 0 Å². The zero-order valence-electron chi connectivity index (χ0n) is 13.9. The minimum Gasteiger partial charge on any atom is -0.396 e. The maximum Gasteiger partial charge on any atom is 0.317 e. The summed E-state index contributed by atoms with van der Waals surface area (Å²) < 4.78 is 0. The first-order valence-electron chi connectivity index (χ1n) is 8.16. The molecule has 0 aromatic heterocycles. The Morgan fingerprint density at radius 3 is 2.48 bits per heavy atom. The van der Waals surface area contributed by atoms with Gasteiger partial charge in [0.1, 0.15) is 0 Å². The second kappa shape index (κ2) is 6.13. The molecule has 0 radical (unpaired) electrons. The van der Waals surface area contributed by atoms with Crippen LogP contribution in [-0.4, -0.2) is 52.9 Å². The number of nitrogens with one attached hydrogen (secondary N) is 2. The maximum atomic E-state index is 12.5.